The second kappa shape index (κ2) is 5.72. The largest absolute Gasteiger partial charge is 0.495 e. The number of fused-ring (bicyclic) bond motifs is 2. The zero-order valence-corrected chi connectivity index (χ0v) is 13.8. The Labute approximate surface area is 134 Å². The normalized spacial score (nSPS) is 11.8. The predicted octanol–water partition coefficient (Wildman–Crippen LogP) is 3.35. The van der Waals surface area contributed by atoms with E-state index in [1.165, 1.54) is 6.07 Å². The lowest BCUT2D eigenvalue weighted by molar-refractivity contribution is 0.397. The molecule has 0 saturated carbocycles. The Morgan fingerprint density at radius 3 is 1.78 bits per heavy atom. The van der Waals surface area contributed by atoms with Crippen molar-refractivity contribution < 1.29 is 22.1 Å². The molecule has 0 radical (unpaired) electrons. The number of rotatable bonds is 4. The van der Waals surface area contributed by atoms with Gasteiger partial charge in [0.05, 0.1) is 26.2 Å². The van der Waals surface area contributed by atoms with Gasteiger partial charge in [-0.25, -0.2) is 0 Å². The lowest BCUT2D eigenvalue weighted by Crippen LogP contribution is -2.03. The Hall–Kier alpha value is -2.31. The lowest BCUT2D eigenvalue weighted by atomic mass is 10.0. The minimum Gasteiger partial charge on any atom is -0.495 e. The highest BCUT2D eigenvalue weighted by atomic mass is 32.2. The first-order valence-electron chi connectivity index (χ1n) is 6.90. The van der Waals surface area contributed by atoms with Crippen molar-refractivity contribution in [3.63, 3.8) is 0 Å². The van der Waals surface area contributed by atoms with Gasteiger partial charge in [-0.2, -0.15) is 8.42 Å². The summed E-state index contributed by atoms with van der Waals surface area (Å²) in [6, 6.07) is 12.4. The van der Waals surface area contributed by atoms with Crippen LogP contribution in [0.4, 0.5) is 0 Å². The van der Waals surface area contributed by atoms with Gasteiger partial charge in [0.25, 0.3) is 10.1 Å². The second-order valence-corrected chi connectivity index (χ2v) is 6.65. The maximum absolute atomic E-state index is 12.0. The van der Waals surface area contributed by atoms with Crippen LogP contribution in [0.2, 0.25) is 0 Å². The highest BCUT2D eigenvalue weighted by Gasteiger charge is 2.19. The van der Waals surface area contributed by atoms with Crippen LogP contribution in [0.1, 0.15) is 0 Å². The summed E-state index contributed by atoms with van der Waals surface area (Å²) in [7, 11) is 0.504. The van der Waals surface area contributed by atoms with Crippen molar-refractivity contribution in [3.8, 4) is 11.5 Å². The third-order valence-electron chi connectivity index (χ3n) is 3.81. The van der Waals surface area contributed by atoms with Crippen LogP contribution in [0.5, 0.6) is 11.5 Å². The molecule has 5 nitrogen and oxygen atoms in total. The molecule has 0 spiro atoms. The van der Waals surface area contributed by atoms with E-state index in [0.29, 0.717) is 16.9 Å². The van der Waals surface area contributed by atoms with E-state index in [2.05, 4.69) is 4.18 Å². The van der Waals surface area contributed by atoms with Gasteiger partial charge in [0.2, 0.25) is 0 Å². The van der Waals surface area contributed by atoms with E-state index in [1.807, 2.05) is 24.3 Å². The summed E-state index contributed by atoms with van der Waals surface area (Å²) in [5.41, 5.74) is 0. The first kappa shape index (κ1) is 15.6. The van der Waals surface area contributed by atoms with E-state index >= 15 is 0 Å². The van der Waals surface area contributed by atoms with Crippen LogP contribution in [0.3, 0.4) is 0 Å². The molecular weight excluding hydrogens is 316 g/mol. The van der Waals surface area contributed by atoms with Gasteiger partial charge in [0.1, 0.15) is 11.5 Å². The molecular formula is C17H16O5S. The van der Waals surface area contributed by atoms with Crippen molar-refractivity contribution in [2.24, 2.45) is 0 Å². The molecule has 23 heavy (non-hydrogen) atoms. The Morgan fingerprint density at radius 1 is 0.739 bits per heavy atom. The van der Waals surface area contributed by atoms with Gasteiger partial charge in [0.15, 0.2) is 0 Å². The summed E-state index contributed by atoms with van der Waals surface area (Å²) in [6.45, 7) is 0. The van der Waals surface area contributed by atoms with E-state index in [4.69, 9.17) is 9.47 Å². The average Bonchev–Trinajstić information content (AvgIpc) is 2.58. The molecule has 0 heterocycles. The minimum absolute atomic E-state index is 0.0723. The molecule has 6 heteroatoms. The Morgan fingerprint density at radius 2 is 1.26 bits per heavy atom. The molecule has 0 bridgehead atoms. The quantitative estimate of drug-likeness (QED) is 0.542. The third kappa shape index (κ3) is 2.40. The number of hydrogen-bond donors (Lipinski definition) is 0. The smallest absolute Gasteiger partial charge is 0.296 e. The van der Waals surface area contributed by atoms with Crippen molar-refractivity contribution in [1.82, 2.24) is 0 Å². The fourth-order valence-corrected chi connectivity index (χ4v) is 3.46. The van der Waals surface area contributed by atoms with Crippen molar-refractivity contribution in [1.29, 1.82) is 0 Å². The summed E-state index contributed by atoms with van der Waals surface area (Å²) in [6.07, 6.45) is 0. The van der Waals surface area contributed by atoms with Gasteiger partial charge >= 0.3 is 0 Å². The fraction of sp³-hybridized carbons (Fsp3) is 0.176. The first-order valence-corrected chi connectivity index (χ1v) is 8.31. The van der Waals surface area contributed by atoms with E-state index in [1.54, 1.807) is 26.4 Å². The summed E-state index contributed by atoms with van der Waals surface area (Å²) < 4.78 is 39.6. The highest BCUT2D eigenvalue weighted by Crippen LogP contribution is 2.43. The topological polar surface area (TPSA) is 61.8 Å². The van der Waals surface area contributed by atoms with Crippen LogP contribution in [-0.4, -0.2) is 29.7 Å². The molecule has 0 aliphatic rings. The van der Waals surface area contributed by atoms with Crippen LogP contribution in [-0.2, 0) is 14.3 Å². The van der Waals surface area contributed by atoms with Crippen LogP contribution in [0.25, 0.3) is 21.5 Å². The van der Waals surface area contributed by atoms with Crippen molar-refractivity contribution in [2.45, 2.75) is 4.90 Å². The molecule has 0 unspecified atom stereocenters. The molecule has 3 aromatic rings. The molecule has 120 valence electrons. The van der Waals surface area contributed by atoms with Crippen molar-refractivity contribution in [2.75, 3.05) is 21.3 Å². The number of ether oxygens (including phenoxy) is 2. The minimum atomic E-state index is -3.78. The van der Waals surface area contributed by atoms with Gasteiger partial charge < -0.3 is 9.47 Å². The fourth-order valence-electron chi connectivity index (χ4n) is 2.77. The molecule has 3 rings (SSSR count). The predicted molar refractivity (Wildman–Crippen MR) is 88.8 cm³/mol. The van der Waals surface area contributed by atoms with E-state index in [-0.39, 0.29) is 4.90 Å². The van der Waals surface area contributed by atoms with Crippen molar-refractivity contribution >= 4 is 31.7 Å². The monoisotopic (exact) mass is 332 g/mol. The lowest BCUT2D eigenvalue weighted by Gasteiger charge is -2.15. The van der Waals surface area contributed by atoms with Gasteiger partial charge in [-0.1, -0.05) is 24.3 Å². The molecule has 0 amide bonds. The van der Waals surface area contributed by atoms with Crippen LogP contribution in [0, 0.1) is 0 Å². The molecule has 0 aliphatic carbocycles. The Balaban J connectivity index is 2.51. The van der Waals surface area contributed by atoms with Crippen LogP contribution >= 0.6 is 0 Å². The number of benzene rings is 3. The average molecular weight is 332 g/mol. The summed E-state index contributed by atoms with van der Waals surface area (Å²) in [5.74, 6) is 1.28. The van der Waals surface area contributed by atoms with Crippen LogP contribution in [0.15, 0.2) is 47.4 Å². The molecule has 0 atom stereocenters. The van der Waals surface area contributed by atoms with Crippen molar-refractivity contribution in [3.05, 3.63) is 42.5 Å². The standard InChI is InChI=1S/C17H16O5S/c1-20-16-12-6-4-5-7-13(12)17(21-2)15-10-11(8-9-14(15)16)23(18,19)22-3/h4-10H,1-3H3. The van der Waals surface area contributed by atoms with Gasteiger partial charge in [-0.3, -0.25) is 4.18 Å². The summed E-state index contributed by atoms with van der Waals surface area (Å²) >= 11 is 0. The maximum atomic E-state index is 12.0. The third-order valence-corrected chi connectivity index (χ3v) is 5.08. The zero-order chi connectivity index (χ0) is 16.6. The van der Waals surface area contributed by atoms with Crippen LogP contribution < -0.4 is 9.47 Å². The summed E-state index contributed by atoms with van der Waals surface area (Å²) in [4.78, 5) is 0.0723. The summed E-state index contributed by atoms with van der Waals surface area (Å²) in [5, 5.41) is 3.19. The highest BCUT2D eigenvalue weighted by molar-refractivity contribution is 7.86. The molecule has 0 fully saturated rings. The van der Waals surface area contributed by atoms with E-state index < -0.39 is 10.1 Å². The SMILES string of the molecule is COc1c2ccccc2c(OC)c2cc(S(=O)(=O)OC)ccc12. The maximum Gasteiger partial charge on any atom is 0.296 e. The Bertz CT molecular complexity index is 993. The number of hydrogen-bond acceptors (Lipinski definition) is 5. The Kier molecular flexibility index (Phi) is 3.87. The molecule has 3 aromatic carbocycles. The molecule has 0 saturated heterocycles. The van der Waals surface area contributed by atoms with Gasteiger partial charge in [-0.15, -0.1) is 0 Å². The molecule has 0 aromatic heterocycles. The van der Waals surface area contributed by atoms with Gasteiger partial charge in [0, 0.05) is 21.5 Å². The molecule has 0 N–H and O–H groups in total. The first-order chi connectivity index (χ1) is 11.0. The van der Waals surface area contributed by atoms with E-state index in [0.717, 1.165) is 23.3 Å². The number of methoxy groups -OCH3 is 2. The molecule has 0 aliphatic heterocycles. The van der Waals surface area contributed by atoms with E-state index in [9.17, 15) is 8.42 Å². The van der Waals surface area contributed by atoms with Gasteiger partial charge in [-0.05, 0) is 18.2 Å². The second-order valence-electron chi connectivity index (χ2n) is 4.94. The zero-order valence-electron chi connectivity index (χ0n) is 13.0.